The summed E-state index contributed by atoms with van der Waals surface area (Å²) in [5, 5.41) is 11.6. The molecule has 0 aliphatic heterocycles. The molecule has 0 saturated heterocycles. The molecule has 1 aromatic carbocycles. The molecule has 0 heterocycles. The summed E-state index contributed by atoms with van der Waals surface area (Å²) in [5.41, 5.74) is 0.774. The number of ether oxygens (including phenoxy) is 2. The summed E-state index contributed by atoms with van der Waals surface area (Å²) in [6.45, 7) is 1.58. The molecule has 0 saturated carbocycles. The Labute approximate surface area is 105 Å². The number of hydrogen-bond acceptors (Lipinski definition) is 6. The molecule has 0 aliphatic carbocycles. The van der Waals surface area contributed by atoms with Crippen molar-refractivity contribution in [3.05, 3.63) is 23.8 Å². The van der Waals surface area contributed by atoms with E-state index in [0.29, 0.717) is 12.2 Å². The fourth-order valence-electron chi connectivity index (χ4n) is 1.35. The monoisotopic (exact) mass is 253 g/mol. The van der Waals surface area contributed by atoms with E-state index in [-0.39, 0.29) is 17.9 Å². The van der Waals surface area contributed by atoms with Gasteiger partial charge in [-0.25, -0.2) is 4.79 Å². The van der Waals surface area contributed by atoms with Gasteiger partial charge in [-0.1, -0.05) is 0 Å². The molecular formula is C12H15NO5. The van der Waals surface area contributed by atoms with E-state index < -0.39 is 11.9 Å². The zero-order valence-corrected chi connectivity index (χ0v) is 10.2. The quantitative estimate of drug-likeness (QED) is 0.596. The molecule has 0 radical (unpaired) electrons. The van der Waals surface area contributed by atoms with Crippen LogP contribution in [0.1, 0.15) is 17.3 Å². The number of anilines is 1. The minimum absolute atomic E-state index is 0.0285. The average molecular weight is 253 g/mol. The van der Waals surface area contributed by atoms with Crippen molar-refractivity contribution in [2.24, 2.45) is 0 Å². The van der Waals surface area contributed by atoms with Gasteiger partial charge in [-0.2, -0.15) is 0 Å². The van der Waals surface area contributed by atoms with Gasteiger partial charge in [-0.05, 0) is 18.2 Å². The Hall–Kier alpha value is -2.08. The zero-order valence-electron chi connectivity index (χ0n) is 10.2. The fourth-order valence-corrected chi connectivity index (χ4v) is 1.35. The highest BCUT2D eigenvalue weighted by Crippen LogP contribution is 2.23. The van der Waals surface area contributed by atoms with Crippen molar-refractivity contribution in [1.29, 1.82) is 0 Å². The second-order valence-electron chi connectivity index (χ2n) is 3.45. The van der Waals surface area contributed by atoms with E-state index in [0.717, 1.165) is 0 Å². The lowest BCUT2D eigenvalue weighted by Crippen LogP contribution is -2.11. The third-order valence-electron chi connectivity index (χ3n) is 2.08. The Balaban J connectivity index is 3.03. The first-order valence-corrected chi connectivity index (χ1v) is 5.34. The molecule has 18 heavy (non-hydrogen) atoms. The van der Waals surface area contributed by atoms with Gasteiger partial charge >= 0.3 is 11.9 Å². The van der Waals surface area contributed by atoms with Crippen molar-refractivity contribution in [3.8, 4) is 5.75 Å². The molecule has 0 amide bonds. The van der Waals surface area contributed by atoms with E-state index in [1.165, 1.54) is 26.2 Å². The van der Waals surface area contributed by atoms with Crippen LogP contribution in [0.15, 0.2) is 18.2 Å². The van der Waals surface area contributed by atoms with Crippen molar-refractivity contribution in [2.45, 2.75) is 6.92 Å². The maximum absolute atomic E-state index is 11.6. The van der Waals surface area contributed by atoms with Crippen LogP contribution < -0.4 is 10.1 Å². The molecule has 0 atom stereocenters. The van der Waals surface area contributed by atoms with Gasteiger partial charge in [0.25, 0.3) is 0 Å². The van der Waals surface area contributed by atoms with Crippen molar-refractivity contribution >= 4 is 17.6 Å². The molecule has 0 spiro atoms. The topological polar surface area (TPSA) is 84.9 Å². The number of rotatable bonds is 5. The molecule has 6 nitrogen and oxygen atoms in total. The van der Waals surface area contributed by atoms with E-state index in [9.17, 15) is 9.59 Å². The standard InChI is InChI=1S/C12H15NO5/c1-8(15)18-11-4-3-9(13-5-6-14)7-10(11)12(16)17-2/h3-4,7,13-14H,5-6H2,1-2H3. The highest BCUT2D eigenvalue weighted by Gasteiger charge is 2.15. The molecule has 1 rings (SSSR count). The first-order valence-electron chi connectivity index (χ1n) is 5.34. The number of carbonyl (C=O) groups is 2. The van der Waals surface area contributed by atoms with Gasteiger partial charge in [-0.15, -0.1) is 0 Å². The van der Waals surface area contributed by atoms with Crippen molar-refractivity contribution in [2.75, 3.05) is 25.6 Å². The SMILES string of the molecule is COC(=O)c1cc(NCCO)ccc1OC(C)=O. The van der Waals surface area contributed by atoms with Gasteiger partial charge in [0.15, 0.2) is 0 Å². The summed E-state index contributed by atoms with van der Waals surface area (Å²) in [4.78, 5) is 22.5. The lowest BCUT2D eigenvalue weighted by Gasteiger charge is -2.10. The second-order valence-corrected chi connectivity index (χ2v) is 3.45. The molecule has 0 aliphatic rings. The Morgan fingerprint density at radius 3 is 2.67 bits per heavy atom. The van der Waals surface area contributed by atoms with E-state index in [4.69, 9.17) is 9.84 Å². The highest BCUT2D eigenvalue weighted by atomic mass is 16.5. The number of aliphatic hydroxyl groups excluding tert-OH is 1. The van der Waals surface area contributed by atoms with Crippen LogP contribution in [0.3, 0.4) is 0 Å². The van der Waals surface area contributed by atoms with Crippen LogP contribution in [0, 0.1) is 0 Å². The van der Waals surface area contributed by atoms with Crippen LogP contribution in [0.25, 0.3) is 0 Å². The van der Waals surface area contributed by atoms with Crippen molar-refractivity contribution in [3.63, 3.8) is 0 Å². The van der Waals surface area contributed by atoms with Crippen LogP contribution in [-0.2, 0) is 9.53 Å². The number of esters is 2. The minimum Gasteiger partial charge on any atom is -0.465 e. The zero-order chi connectivity index (χ0) is 13.5. The molecule has 2 N–H and O–H groups in total. The van der Waals surface area contributed by atoms with Gasteiger partial charge < -0.3 is 19.9 Å². The molecular weight excluding hydrogens is 238 g/mol. The van der Waals surface area contributed by atoms with Crippen molar-refractivity contribution in [1.82, 2.24) is 0 Å². The molecule has 0 fully saturated rings. The smallest absolute Gasteiger partial charge is 0.341 e. The highest BCUT2D eigenvalue weighted by molar-refractivity contribution is 5.94. The Bertz CT molecular complexity index is 444. The van der Waals surface area contributed by atoms with Crippen LogP contribution in [0.4, 0.5) is 5.69 Å². The third-order valence-corrected chi connectivity index (χ3v) is 2.08. The maximum atomic E-state index is 11.6. The van der Waals surface area contributed by atoms with Crippen LogP contribution in [-0.4, -0.2) is 37.3 Å². The molecule has 0 aromatic heterocycles. The first kappa shape index (κ1) is 14.0. The van der Waals surface area contributed by atoms with Gasteiger partial charge in [0.05, 0.1) is 13.7 Å². The number of aliphatic hydroxyl groups is 1. The van der Waals surface area contributed by atoms with Gasteiger partial charge in [-0.3, -0.25) is 4.79 Å². The summed E-state index contributed by atoms with van der Waals surface area (Å²) in [7, 11) is 1.24. The van der Waals surface area contributed by atoms with Gasteiger partial charge in [0.2, 0.25) is 0 Å². The maximum Gasteiger partial charge on any atom is 0.341 e. The average Bonchev–Trinajstić information content (AvgIpc) is 2.36. The Morgan fingerprint density at radius 2 is 2.11 bits per heavy atom. The van der Waals surface area contributed by atoms with Crippen LogP contribution in [0.5, 0.6) is 5.75 Å². The lowest BCUT2D eigenvalue weighted by atomic mass is 10.1. The summed E-state index contributed by atoms with van der Waals surface area (Å²) in [5.74, 6) is -0.973. The molecule has 1 aromatic rings. The fraction of sp³-hybridized carbons (Fsp3) is 0.333. The molecule has 0 bridgehead atoms. The van der Waals surface area contributed by atoms with E-state index >= 15 is 0 Å². The van der Waals surface area contributed by atoms with Crippen LogP contribution >= 0.6 is 0 Å². The van der Waals surface area contributed by atoms with E-state index in [1.807, 2.05) is 0 Å². The third kappa shape index (κ3) is 3.74. The van der Waals surface area contributed by atoms with Crippen LogP contribution in [0.2, 0.25) is 0 Å². The summed E-state index contributed by atoms with van der Waals surface area (Å²) >= 11 is 0. The normalized spacial score (nSPS) is 9.72. The largest absolute Gasteiger partial charge is 0.465 e. The number of methoxy groups -OCH3 is 1. The Morgan fingerprint density at radius 1 is 1.39 bits per heavy atom. The predicted molar refractivity (Wildman–Crippen MR) is 64.7 cm³/mol. The minimum atomic E-state index is -0.598. The second kappa shape index (κ2) is 6.61. The summed E-state index contributed by atoms with van der Waals surface area (Å²) in [6, 6.07) is 4.63. The number of benzene rings is 1. The van der Waals surface area contributed by atoms with E-state index in [2.05, 4.69) is 10.1 Å². The van der Waals surface area contributed by atoms with Crippen molar-refractivity contribution < 1.29 is 24.2 Å². The summed E-state index contributed by atoms with van der Waals surface area (Å²) < 4.78 is 9.52. The number of carbonyl (C=O) groups excluding carboxylic acids is 2. The molecule has 6 heteroatoms. The summed E-state index contributed by atoms with van der Waals surface area (Å²) in [6.07, 6.45) is 0. The molecule has 98 valence electrons. The van der Waals surface area contributed by atoms with E-state index in [1.54, 1.807) is 6.07 Å². The first-order chi connectivity index (χ1) is 8.58. The Kier molecular flexibility index (Phi) is 5.13. The predicted octanol–water partition coefficient (Wildman–Crippen LogP) is 0.803. The number of nitrogens with one attached hydrogen (secondary N) is 1. The molecule has 0 unspecified atom stereocenters. The van der Waals surface area contributed by atoms with Gasteiger partial charge in [0, 0.05) is 19.2 Å². The van der Waals surface area contributed by atoms with Gasteiger partial charge in [0.1, 0.15) is 11.3 Å². The lowest BCUT2D eigenvalue weighted by molar-refractivity contribution is -0.131. The number of hydrogen-bond donors (Lipinski definition) is 2.